The van der Waals surface area contributed by atoms with E-state index in [1.54, 1.807) is 23.9 Å². The molecular formula is C20H21N3OS. The van der Waals surface area contributed by atoms with Crippen LogP contribution in [0.25, 0.3) is 23.5 Å². The first kappa shape index (κ1) is 17.3. The summed E-state index contributed by atoms with van der Waals surface area (Å²) >= 11 is 1.73. The van der Waals surface area contributed by atoms with Gasteiger partial charge in [-0.1, -0.05) is 37.3 Å². The van der Waals surface area contributed by atoms with E-state index < -0.39 is 0 Å². The molecule has 1 aromatic heterocycles. The van der Waals surface area contributed by atoms with Crippen molar-refractivity contribution in [3.8, 4) is 17.1 Å². The summed E-state index contributed by atoms with van der Waals surface area (Å²) in [5, 5.41) is 14.7. The number of phenols is 1. The molecule has 3 rings (SSSR count). The number of hydrogen-bond acceptors (Lipinski definition) is 4. The molecule has 4 nitrogen and oxygen atoms in total. The van der Waals surface area contributed by atoms with Crippen LogP contribution in [0.2, 0.25) is 0 Å². The fourth-order valence-electron chi connectivity index (χ4n) is 2.55. The Labute approximate surface area is 152 Å². The number of aromatic hydroxyl groups is 1. The first-order chi connectivity index (χ1) is 12.2. The van der Waals surface area contributed by atoms with Crippen molar-refractivity contribution in [2.45, 2.75) is 24.8 Å². The first-order valence-corrected chi connectivity index (χ1v) is 9.49. The van der Waals surface area contributed by atoms with Gasteiger partial charge in [0.2, 0.25) is 0 Å². The van der Waals surface area contributed by atoms with Crippen LogP contribution >= 0.6 is 11.8 Å². The van der Waals surface area contributed by atoms with Gasteiger partial charge in [0.05, 0.1) is 5.56 Å². The molecule has 0 fully saturated rings. The summed E-state index contributed by atoms with van der Waals surface area (Å²) < 4.78 is 1.85. The van der Waals surface area contributed by atoms with E-state index in [-0.39, 0.29) is 5.75 Å². The second-order valence-corrected chi connectivity index (χ2v) is 6.52. The molecular weight excluding hydrogens is 330 g/mol. The quantitative estimate of drug-likeness (QED) is 0.638. The number of phenolic OH excluding ortho intramolecular Hbond substituents is 1. The maximum atomic E-state index is 10.1. The van der Waals surface area contributed by atoms with Gasteiger partial charge < -0.3 is 5.11 Å². The minimum atomic E-state index is 0.218. The molecule has 3 aromatic rings. The van der Waals surface area contributed by atoms with Gasteiger partial charge in [-0.05, 0) is 48.6 Å². The van der Waals surface area contributed by atoms with Gasteiger partial charge in [0.25, 0.3) is 0 Å². The summed E-state index contributed by atoms with van der Waals surface area (Å²) in [6.07, 6.45) is 6.92. The van der Waals surface area contributed by atoms with Gasteiger partial charge in [0, 0.05) is 11.4 Å². The Kier molecular flexibility index (Phi) is 5.56. The Morgan fingerprint density at radius 2 is 1.84 bits per heavy atom. The lowest BCUT2D eigenvalue weighted by Gasteiger charge is -2.05. The minimum absolute atomic E-state index is 0.218. The van der Waals surface area contributed by atoms with Gasteiger partial charge in [0.1, 0.15) is 5.75 Å². The van der Waals surface area contributed by atoms with Crippen molar-refractivity contribution in [3.05, 3.63) is 59.9 Å². The molecule has 25 heavy (non-hydrogen) atoms. The van der Waals surface area contributed by atoms with Crippen molar-refractivity contribution in [3.63, 3.8) is 0 Å². The largest absolute Gasteiger partial charge is 0.507 e. The predicted octanol–water partition coefficient (Wildman–Crippen LogP) is 4.95. The molecule has 0 atom stereocenters. The monoisotopic (exact) mass is 351 g/mol. The number of aryl methyl sites for hydroxylation is 1. The number of para-hydroxylation sites is 1. The van der Waals surface area contributed by atoms with E-state index in [4.69, 9.17) is 0 Å². The number of nitrogens with zero attached hydrogens (tertiary/aromatic N) is 3. The average molecular weight is 351 g/mol. The van der Waals surface area contributed by atoms with E-state index in [1.165, 1.54) is 4.90 Å². The van der Waals surface area contributed by atoms with Crippen molar-refractivity contribution in [1.82, 2.24) is 14.8 Å². The van der Waals surface area contributed by atoms with Crippen molar-refractivity contribution >= 4 is 23.9 Å². The van der Waals surface area contributed by atoms with E-state index in [2.05, 4.69) is 47.5 Å². The topological polar surface area (TPSA) is 50.9 Å². The van der Waals surface area contributed by atoms with Crippen LogP contribution in [-0.2, 0) is 6.54 Å². The maximum Gasteiger partial charge on any atom is 0.174 e. The highest BCUT2D eigenvalue weighted by Gasteiger charge is 2.13. The lowest BCUT2D eigenvalue weighted by atomic mass is 10.2. The Morgan fingerprint density at radius 1 is 1.08 bits per heavy atom. The second kappa shape index (κ2) is 8.03. The number of hydrogen-bond donors (Lipinski definition) is 1. The summed E-state index contributed by atoms with van der Waals surface area (Å²) in [6, 6.07) is 15.6. The average Bonchev–Trinajstić information content (AvgIpc) is 3.04. The third-order valence-corrected chi connectivity index (χ3v) is 4.55. The van der Waals surface area contributed by atoms with Gasteiger partial charge in [-0.25, -0.2) is 9.67 Å². The summed E-state index contributed by atoms with van der Waals surface area (Å²) in [6.45, 7) is 2.85. The van der Waals surface area contributed by atoms with E-state index in [1.807, 2.05) is 29.0 Å². The molecule has 0 unspecified atom stereocenters. The molecule has 0 saturated carbocycles. The van der Waals surface area contributed by atoms with E-state index in [0.29, 0.717) is 17.2 Å². The van der Waals surface area contributed by atoms with Gasteiger partial charge in [-0.2, -0.15) is 5.10 Å². The van der Waals surface area contributed by atoms with Crippen LogP contribution in [0.3, 0.4) is 0 Å². The minimum Gasteiger partial charge on any atom is -0.507 e. The normalized spacial score (nSPS) is 11.3. The Balaban J connectivity index is 1.90. The zero-order valence-corrected chi connectivity index (χ0v) is 15.2. The van der Waals surface area contributed by atoms with Crippen molar-refractivity contribution in [1.29, 1.82) is 0 Å². The molecule has 1 heterocycles. The molecule has 128 valence electrons. The van der Waals surface area contributed by atoms with Crippen LogP contribution in [0.4, 0.5) is 0 Å². The van der Waals surface area contributed by atoms with E-state index in [0.717, 1.165) is 18.5 Å². The molecule has 0 bridgehead atoms. The molecule has 0 radical (unpaired) electrons. The first-order valence-electron chi connectivity index (χ1n) is 8.26. The van der Waals surface area contributed by atoms with Crippen molar-refractivity contribution in [2.24, 2.45) is 0 Å². The Morgan fingerprint density at radius 3 is 2.52 bits per heavy atom. The summed E-state index contributed by atoms with van der Waals surface area (Å²) in [5.74, 6) is 1.55. The third kappa shape index (κ3) is 4.12. The van der Waals surface area contributed by atoms with Crippen LogP contribution in [0, 0.1) is 0 Å². The molecule has 0 saturated heterocycles. The van der Waals surface area contributed by atoms with Gasteiger partial charge in [-0.15, -0.1) is 11.8 Å². The van der Waals surface area contributed by atoms with Crippen LogP contribution in [0.15, 0.2) is 53.4 Å². The smallest absolute Gasteiger partial charge is 0.174 e. The molecule has 0 spiro atoms. The highest BCUT2D eigenvalue weighted by molar-refractivity contribution is 7.98. The molecule has 2 aromatic carbocycles. The molecule has 0 amide bonds. The molecule has 0 aliphatic rings. The van der Waals surface area contributed by atoms with E-state index >= 15 is 0 Å². The SMILES string of the molecule is CCCn1nc(/C=C/c2ccc(SC)cc2)nc1-c1ccccc1O. The molecule has 5 heteroatoms. The third-order valence-electron chi connectivity index (χ3n) is 3.81. The maximum absolute atomic E-state index is 10.1. The van der Waals surface area contributed by atoms with Gasteiger partial charge in [0.15, 0.2) is 11.6 Å². The second-order valence-electron chi connectivity index (χ2n) is 5.64. The van der Waals surface area contributed by atoms with Gasteiger partial charge >= 0.3 is 0 Å². The summed E-state index contributed by atoms with van der Waals surface area (Å²) in [4.78, 5) is 5.85. The standard InChI is InChI=1S/C20H21N3OS/c1-3-14-23-20(17-6-4-5-7-18(17)24)21-19(22-23)13-10-15-8-11-16(25-2)12-9-15/h4-13,24H,3,14H2,1-2H3/b13-10+. The number of thioether (sulfide) groups is 1. The number of rotatable bonds is 6. The number of aromatic nitrogens is 3. The molecule has 0 aliphatic carbocycles. The Hall–Kier alpha value is -2.53. The fourth-order valence-corrected chi connectivity index (χ4v) is 2.95. The van der Waals surface area contributed by atoms with Crippen LogP contribution in [-0.4, -0.2) is 26.1 Å². The molecule has 0 aliphatic heterocycles. The van der Waals surface area contributed by atoms with Gasteiger partial charge in [-0.3, -0.25) is 0 Å². The van der Waals surface area contributed by atoms with E-state index in [9.17, 15) is 5.11 Å². The van der Waals surface area contributed by atoms with Crippen LogP contribution in [0.5, 0.6) is 5.75 Å². The van der Waals surface area contributed by atoms with Crippen molar-refractivity contribution < 1.29 is 5.11 Å². The lowest BCUT2D eigenvalue weighted by Crippen LogP contribution is -2.01. The highest BCUT2D eigenvalue weighted by Crippen LogP contribution is 2.27. The molecule has 1 N–H and O–H groups in total. The summed E-state index contributed by atoms with van der Waals surface area (Å²) in [7, 11) is 0. The van der Waals surface area contributed by atoms with Crippen LogP contribution < -0.4 is 0 Å². The lowest BCUT2D eigenvalue weighted by molar-refractivity contribution is 0.475. The predicted molar refractivity (Wildman–Crippen MR) is 105 cm³/mol. The summed E-state index contributed by atoms with van der Waals surface area (Å²) in [5.41, 5.74) is 1.81. The van der Waals surface area contributed by atoms with Crippen LogP contribution in [0.1, 0.15) is 24.7 Å². The van der Waals surface area contributed by atoms with Crippen molar-refractivity contribution in [2.75, 3.05) is 6.26 Å². The zero-order valence-electron chi connectivity index (χ0n) is 14.4. The fraction of sp³-hybridized carbons (Fsp3) is 0.200. The highest BCUT2D eigenvalue weighted by atomic mass is 32.2. The number of benzene rings is 2. The zero-order chi connectivity index (χ0) is 17.6. The Bertz CT molecular complexity index is 869.